The largest absolute Gasteiger partial charge is 0.365 e. The molecule has 0 unspecified atom stereocenters. The fourth-order valence-corrected chi connectivity index (χ4v) is 3.42. The zero-order chi connectivity index (χ0) is 20.3. The zero-order valence-electron chi connectivity index (χ0n) is 15.8. The molecular formula is C20H22F3N5. The molecule has 5 nitrogen and oxygen atoms in total. The Morgan fingerprint density at radius 2 is 1.96 bits per heavy atom. The molecular weight excluding hydrogens is 367 g/mol. The highest BCUT2D eigenvalue weighted by Gasteiger charge is 2.31. The monoisotopic (exact) mass is 389 g/mol. The molecule has 8 heteroatoms. The van der Waals surface area contributed by atoms with E-state index >= 15 is 0 Å². The molecule has 1 aliphatic heterocycles. The van der Waals surface area contributed by atoms with Crippen LogP contribution in [-0.2, 0) is 0 Å². The maximum absolute atomic E-state index is 14.8. The van der Waals surface area contributed by atoms with Crippen LogP contribution in [0, 0.1) is 28.9 Å². The number of alkyl halides is 1. The van der Waals surface area contributed by atoms with Gasteiger partial charge in [0.05, 0.1) is 6.20 Å². The van der Waals surface area contributed by atoms with Gasteiger partial charge in [-0.2, -0.15) is 5.26 Å². The van der Waals surface area contributed by atoms with Crippen LogP contribution in [0.15, 0.2) is 24.4 Å². The number of rotatable bonds is 5. The third-order valence-corrected chi connectivity index (χ3v) is 4.81. The molecule has 1 fully saturated rings. The van der Waals surface area contributed by atoms with Crippen molar-refractivity contribution in [2.24, 2.45) is 5.92 Å². The molecule has 0 spiro atoms. The molecule has 0 saturated carbocycles. The fourth-order valence-electron chi connectivity index (χ4n) is 3.42. The summed E-state index contributed by atoms with van der Waals surface area (Å²) >= 11 is 0. The highest BCUT2D eigenvalue weighted by Crippen LogP contribution is 2.37. The Morgan fingerprint density at radius 1 is 1.25 bits per heavy atom. The number of nitrogens with one attached hydrogen (secondary N) is 1. The van der Waals surface area contributed by atoms with Crippen molar-refractivity contribution in [3.05, 3.63) is 47.3 Å². The van der Waals surface area contributed by atoms with E-state index in [-0.39, 0.29) is 23.2 Å². The molecule has 1 aromatic carbocycles. The summed E-state index contributed by atoms with van der Waals surface area (Å²) in [6.07, 6.45) is 0.934. The van der Waals surface area contributed by atoms with E-state index in [4.69, 9.17) is 5.26 Å². The molecule has 1 N–H and O–H groups in total. The number of nitrogens with zero attached hydrogens (tertiary/aromatic N) is 4. The molecule has 28 heavy (non-hydrogen) atoms. The molecule has 3 rings (SSSR count). The molecule has 1 aromatic heterocycles. The Hall–Kier alpha value is -2.82. The van der Waals surface area contributed by atoms with E-state index in [1.165, 1.54) is 12.3 Å². The van der Waals surface area contributed by atoms with E-state index in [1.807, 2.05) is 24.8 Å². The van der Waals surface area contributed by atoms with E-state index in [1.54, 1.807) is 0 Å². The number of halogens is 3. The second-order valence-electron chi connectivity index (χ2n) is 7.23. The van der Waals surface area contributed by atoms with Crippen molar-refractivity contribution in [3.8, 4) is 6.07 Å². The van der Waals surface area contributed by atoms with E-state index in [0.29, 0.717) is 43.6 Å². The molecule has 2 aromatic rings. The lowest BCUT2D eigenvalue weighted by Gasteiger charge is -2.35. The van der Waals surface area contributed by atoms with Gasteiger partial charge in [-0.15, -0.1) is 0 Å². The Morgan fingerprint density at radius 3 is 2.57 bits per heavy atom. The third-order valence-electron chi connectivity index (χ3n) is 4.81. The molecule has 1 saturated heterocycles. The van der Waals surface area contributed by atoms with Gasteiger partial charge in [0.2, 0.25) is 0 Å². The van der Waals surface area contributed by atoms with Crippen LogP contribution < -0.4 is 10.2 Å². The summed E-state index contributed by atoms with van der Waals surface area (Å²) in [5.41, 5.74) is 0.123. The van der Waals surface area contributed by atoms with Gasteiger partial charge in [-0.1, -0.05) is 6.07 Å². The number of aromatic nitrogens is 2. The van der Waals surface area contributed by atoms with Gasteiger partial charge in [0.15, 0.2) is 17.3 Å². The van der Waals surface area contributed by atoms with Crippen LogP contribution in [0.2, 0.25) is 0 Å². The lowest BCUT2D eigenvalue weighted by molar-refractivity contribution is 0.193. The van der Waals surface area contributed by atoms with Gasteiger partial charge in [-0.3, -0.25) is 0 Å². The maximum Gasteiger partial charge on any atom is 0.171 e. The summed E-state index contributed by atoms with van der Waals surface area (Å²) in [6.45, 7) is 4.98. The Kier molecular flexibility index (Phi) is 6.02. The van der Waals surface area contributed by atoms with Crippen molar-refractivity contribution in [3.63, 3.8) is 0 Å². The topological polar surface area (TPSA) is 64.8 Å². The van der Waals surface area contributed by atoms with Crippen molar-refractivity contribution in [2.45, 2.75) is 38.9 Å². The fraction of sp³-hybridized carbons (Fsp3) is 0.450. The molecule has 0 bridgehead atoms. The number of hydrogen-bond acceptors (Lipinski definition) is 5. The van der Waals surface area contributed by atoms with Gasteiger partial charge in [-0.05, 0) is 38.7 Å². The first kappa shape index (κ1) is 19.9. The quantitative estimate of drug-likeness (QED) is 0.822. The summed E-state index contributed by atoms with van der Waals surface area (Å²) in [5, 5.41) is 12.2. The predicted molar refractivity (Wildman–Crippen MR) is 101 cm³/mol. The van der Waals surface area contributed by atoms with Crippen molar-refractivity contribution in [1.29, 1.82) is 5.26 Å². The van der Waals surface area contributed by atoms with Crippen LogP contribution >= 0.6 is 0 Å². The van der Waals surface area contributed by atoms with E-state index < -0.39 is 17.8 Å². The summed E-state index contributed by atoms with van der Waals surface area (Å²) in [6, 6.07) is 5.06. The molecule has 1 atom stereocenters. The number of hydrogen-bond donors (Lipinski definition) is 1. The van der Waals surface area contributed by atoms with Crippen LogP contribution in [0.1, 0.15) is 44.1 Å². The first-order valence-corrected chi connectivity index (χ1v) is 9.26. The molecule has 1 aliphatic rings. The normalized spacial score (nSPS) is 16.1. The summed E-state index contributed by atoms with van der Waals surface area (Å²) in [7, 11) is 0. The standard InChI is InChI=1S/C20H22F3N5/c1-12(2)26-19-20(25-11-15(10-24)27-19)28-7-5-13(6-8-28)18(23)16-4-3-14(21)9-17(16)22/h3-4,9,11-13,18H,5-8H2,1-2H3,(H,26,27)/t18-/m1/s1. The second-order valence-corrected chi connectivity index (χ2v) is 7.23. The summed E-state index contributed by atoms with van der Waals surface area (Å²) in [5.74, 6) is -0.781. The smallest absolute Gasteiger partial charge is 0.171 e. The molecule has 148 valence electrons. The van der Waals surface area contributed by atoms with Crippen LogP contribution in [0.3, 0.4) is 0 Å². The second kappa shape index (κ2) is 8.46. The van der Waals surface area contributed by atoms with Gasteiger partial charge in [-0.25, -0.2) is 23.1 Å². The SMILES string of the molecule is CC(C)Nc1nc(C#N)cnc1N1CCC([C@@H](F)c2ccc(F)cc2F)CC1. The summed E-state index contributed by atoms with van der Waals surface area (Å²) in [4.78, 5) is 10.6. The first-order chi connectivity index (χ1) is 13.4. The van der Waals surface area contributed by atoms with Crippen LogP contribution in [0.4, 0.5) is 24.8 Å². The minimum Gasteiger partial charge on any atom is -0.365 e. The van der Waals surface area contributed by atoms with Crippen LogP contribution in [0.5, 0.6) is 0 Å². The van der Waals surface area contributed by atoms with Gasteiger partial charge >= 0.3 is 0 Å². The maximum atomic E-state index is 14.8. The number of benzene rings is 1. The van der Waals surface area contributed by atoms with Gasteiger partial charge in [0, 0.05) is 30.8 Å². The Bertz CT molecular complexity index is 873. The van der Waals surface area contributed by atoms with Crippen LogP contribution in [0.25, 0.3) is 0 Å². The highest BCUT2D eigenvalue weighted by atomic mass is 19.1. The van der Waals surface area contributed by atoms with Crippen molar-refractivity contribution in [1.82, 2.24) is 9.97 Å². The number of nitriles is 1. The van der Waals surface area contributed by atoms with E-state index in [2.05, 4.69) is 15.3 Å². The van der Waals surface area contributed by atoms with E-state index in [0.717, 1.165) is 6.07 Å². The van der Waals surface area contributed by atoms with Gasteiger partial charge in [0.1, 0.15) is 23.9 Å². The first-order valence-electron chi connectivity index (χ1n) is 9.26. The lowest BCUT2D eigenvalue weighted by Crippen LogP contribution is -2.36. The van der Waals surface area contributed by atoms with Crippen molar-refractivity contribution >= 4 is 11.6 Å². The van der Waals surface area contributed by atoms with Gasteiger partial charge < -0.3 is 10.2 Å². The Balaban J connectivity index is 1.72. The van der Waals surface area contributed by atoms with Crippen LogP contribution in [-0.4, -0.2) is 29.1 Å². The summed E-state index contributed by atoms with van der Waals surface area (Å²) < 4.78 is 41.8. The molecule has 0 radical (unpaired) electrons. The van der Waals surface area contributed by atoms with Crippen molar-refractivity contribution in [2.75, 3.05) is 23.3 Å². The minimum absolute atomic E-state index is 0.0971. The van der Waals surface area contributed by atoms with E-state index in [9.17, 15) is 13.2 Å². The number of anilines is 2. The molecule has 0 amide bonds. The lowest BCUT2D eigenvalue weighted by atomic mass is 9.88. The predicted octanol–water partition coefficient (Wildman–Crippen LogP) is 4.37. The average Bonchev–Trinajstić information content (AvgIpc) is 2.67. The average molecular weight is 389 g/mol. The number of piperidine rings is 1. The van der Waals surface area contributed by atoms with Gasteiger partial charge in [0.25, 0.3) is 0 Å². The van der Waals surface area contributed by atoms with Crippen molar-refractivity contribution < 1.29 is 13.2 Å². The third kappa shape index (κ3) is 4.35. The minimum atomic E-state index is -1.48. The Labute approximate surface area is 162 Å². The highest BCUT2D eigenvalue weighted by molar-refractivity contribution is 5.62. The zero-order valence-corrected chi connectivity index (χ0v) is 15.8. The molecule has 2 heterocycles. The molecule has 0 aliphatic carbocycles.